The highest BCUT2D eigenvalue weighted by Crippen LogP contribution is 2.58. The number of aromatic nitrogens is 3. The van der Waals surface area contributed by atoms with Crippen molar-refractivity contribution in [1.82, 2.24) is 14.6 Å². The van der Waals surface area contributed by atoms with Crippen molar-refractivity contribution in [3.8, 4) is 0 Å². The Morgan fingerprint density at radius 3 is 2.64 bits per heavy atom. The highest BCUT2D eigenvalue weighted by molar-refractivity contribution is 8.04. The molecule has 0 bridgehead atoms. The van der Waals surface area contributed by atoms with Crippen LogP contribution in [0.1, 0.15) is 68.8 Å². The van der Waals surface area contributed by atoms with E-state index in [0.29, 0.717) is 11.3 Å². The first-order valence-electron chi connectivity index (χ1n) is 8.97. The Labute approximate surface area is 153 Å². The van der Waals surface area contributed by atoms with Gasteiger partial charge in [0, 0.05) is 11.8 Å². The Bertz CT molecular complexity index is 716. The molecule has 0 amide bonds. The van der Waals surface area contributed by atoms with E-state index in [2.05, 4.69) is 23.9 Å². The zero-order valence-electron chi connectivity index (χ0n) is 15.0. The van der Waals surface area contributed by atoms with Gasteiger partial charge in [-0.1, -0.05) is 39.5 Å². The SMILES string of the molecule is CCCCCCSC(c1cc(CCCC)nc2ccnn12)P(=O)(O)O. The molecule has 0 radical (unpaired) electrons. The highest BCUT2D eigenvalue weighted by atomic mass is 32.2. The van der Waals surface area contributed by atoms with Crippen molar-refractivity contribution in [1.29, 1.82) is 0 Å². The molecule has 0 aliphatic carbocycles. The molecule has 140 valence electrons. The first-order valence-corrected chi connectivity index (χ1v) is 11.7. The Kier molecular flexibility index (Phi) is 7.94. The second kappa shape index (κ2) is 9.72. The highest BCUT2D eigenvalue weighted by Gasteiger charge is 2.33. The number of hydrogen-bond acceptors (Lipinski definition) is 4. The van der Waals surface area contributed by atoms with Gasteiger partial charge in [0.05, 0.1) is 11.9 Å². The van der Waals surface area contributed by atoms with Gasteiger partial charge < -0.3 is 9.79 Å². The molecule has 0 saturated carbocycles. The van der Waals surface area contributed by atoms with Gasteiger partial charge in [-0.3, -0.25) is 4.57 Å². The number of fused-ring (bicyclic) bond motifs is 1. The van der Waals surface area contributed by atoms with E-state index >= 15 is 0 Å². The van der Waals surface area contributed by atoms with Gasteiger partial charge in [-0.05, 0) is 31.1 Å². The van der Waals surface area contributed by atoms with E-state index in [1.807, 2.05) is 6.07 Å². The summed E-state index contributed by atoms with van der Waals surface area (Å²) < 4.78 is 13.7. The average Bonchev–Trinajstić information content (AvgIpc) is 3.03. The smallest absolute Gasteiger partial charge is 0.323 e. The summed E-state index contributed by atoms with van der Waals surface area (Å²) in [5.74, 6) is 0.727. The van der Waals surface area contributed by atoms with Gasteiger partial charge in [-0.2, -0.15) is 5.10 Å². The molecule has 2 heterocycles. The predicted molar refractivity (Wildman–Crippen MR) is 103 cm³/mol. The number of thioether (sulfide) groups is 1. The first-order chi connectivity index (χ1) is 12.0. The molecule has 1 atom stereocenters. The van der Waals surface area contributed by atoms with E-state index in [-0.39, 0.29) is 0 Å². The van der Waals surface area contributed by atoms with Gasteiger partial charge in [-0.25, -0.2) is 9.50 Å². The molecule has 2 N–H and O–H groups in total. The molecule has 1 unspecified atom stereocenters. The molecule has 0 spiro atoms. The third-order valence-corrected chi connectivity index (χ3v) is 7.29. The molecule has 0 fully saturated rings. The van der Waals surface area contributed by atoms with Crippen molar-refractivity contribution < 1.29 is 14.4 Å². The molecule has 25 heavy (non-hydrogen) atoms. The average molecular weight is 385 g/mol. The molecule has 0 saturated heterocycles. The number of rotatable bonds is 11. The number of nitrogens with zero attached hydrogens (tertiary/aromatic N) is 3. The molecule has 0 aliphatic heterocycles. The van der Waals surface area contributed by atoms with Crippen LogP contribution in [0.4, 0.5) is 0 Å². The maximum absolute atomic E-state index is 12.2. The van der Waals surface area contributed by atoms with Crippen LogP contribution in [0.25, 0.3) is 5.65 Å². The van der Waals surface area contributed by atoms with Crippen LogP contribution in [0, 0.1) is 0 Å². The summed E-state index contributed by atoms with van der Waals surface area (Å²) in [6, 6.07) is 3.60. The summed E-state index contributed by atoms with van der Waals surface area (Å²) in [5.41, 5.74) is 2.07. The van der Waals surface area contributed by atoms with Crippen LogP contribution in [0.15, 0.2) is 18.3 Å². The Balaban J connectivity index is 2.28. The minimum Gasteiger partial charge on any atom is -0.323 e. The third-order valence-electron chi connectivity index (χ3n) is 4.06. The summed E-state index contributed by atoms with van der Waals surface area (Å²) in [7, 11) is -4.30. The fraction of sp³-hybridized carbons (Fsp3) is 0.647. The van der Waals surface area contributed by atoms with E-state index in [1.54, 1.807) is 16.8 Å². The van der Waals surface area contributed by atoms with Crippen LogP contribution in [0.2, 0.25) is 0 Å². The van der Waals surface area contributed by atoms with Gasteiger partial charge >= 0.3 is 7.60 Å². The minimum atomic E-state index is -4.30. The van der Waals surface area contributed by atoms with Crippen LogP contribution in [0.5, 0.6) is 0 Å². The van der Waals surface area contributed by atoms with Crippen LogP contribution in [0.3, 0.4) is 0 Å². The van der Waals surface area contributed by atoms with Crippen LogP contribution in [-0.2, 0) is 11.0 Å². The Hall–Kier alpha value is -0.880. The lowest BCUT2D eigenvalue weighted by molar-refractivity contribution is 0.369. The topological polar surface area (TPSA) is 87.7 Å². The van der Waals surface area contributed by atoms with Gasteiger partial charge in [0.25, 0.3) is 0 Å². The summed E-state index contributed by atoms with van der Waals surface area (Å²) in [4.78, 5) is 23.5. The monoisotopic (exact) mass is 385 g/mol. The molecule has 8 heteroatoms. The molecular formula is C17H28N3O3PS. The molecule has 6 nitrogen and oxygen atoms in total. The quantitative estimate of drug-likeness (QED) is 0.435. The second-order valence-electron chi connectivity index (χ2n) is 6.25. The maximum atomic E-state index is 12.2. The molecule has 0 aliphatic rings. The Morgan fingerprint density at radius 2 is 1.96 bits per heavy atom. The standard InChI is InChI=1S/C17H28N3O3PS/c1-3-5-7-8-12-25-17(24(21,22)23)15-13-14(9-6-4-2)19-16-10-11-18-20(15)16/h10-11,13,17H,3-9,12H2,1-2H3,(H2,21,22,23). The van der Waals surface area contributed by atoms with Crippen molar-refractivity contribution in [2.45, 2.75) is 63.8 Å². The first kappa shape index (κ1) is 20.4. The lowest BCUT2D eigenvalue weighted by Crippen LogP contribution is -2.08. The van der Waals surface area contributed by atoms with E-state index in [0.717, 1.165) is 56.4 Å². The van der Waals surface area contributed by atoms with Gasteiger partial charge in [0.15, 0.2) is 5.65 Å². The van der Waals surface area contributed by atoms with Crippen molar-refractivity contribution in [3.63, 3.8) is 0 Å². The van der Waals surface area contributed by atoms with Crippen molar-refractivity contribution in [2.24, 2.45) is 0 Å². The van der Waals surface area contributed by atoms with Crippen LogP contribution in [-0.4, -0.2) is 30.1 Å². The predicted octanol–water partition coefficient (Wildman–Crippen LogP) is 4.56. The second-order valence-corrected chi connectivity index (χ2v) is 9.51. The Morgan fingerprint density at radius 1 is 1.20 bits per heavy atom. The largest absolute Gasteiger partial charge is 0.344 e. The summed E-state index contributed by atoms with van der Waals surface area (Å²) in [6.07, 6.45) is 8.83. The molecule has 2 rings (SSSR count). The maximum Gasteiger partial charge on any atom is 0.344 e. The third kappa shape index (κ3) is 5.81. The zero-order valence-corrected chi connectivity index (χ0v) is 16.7. The molecule has 2 aromatic rings. The van der Waals surface area contributed by atoms with Crippen molar-refractivity contribution in [2.75, 3.05) is 5.75 Å². The van der Waals surface area contributed by atoms with Crippen molar-refractivity contribution in [3.05, 3.63) is 29.7 Å². The van der Waals surface area contributed by atoms with Crippen LogP contribution >= 0.6 is 19.4 Å². The number of aryl methyl sites for hydroxylation is 1. The fourth-order valence-electron chi connectivity index (χ4n) is 2.73. The van der Waals surface area contributed by atoms with E-state index in [4.69, 9.17) is 0 Å². The molecule has 0 aromatic carbocycles. The van der Waals surface area contributed by atoms with Gasteiger partial charge in [0.1, 0.15) is 4.99 Å². The lowest BCUT2D eigenvalue weighted by atomic mass is 10.2. The van der Waals surface area contributed by atoms with Gasteiger partial charge in [0.2, 0.25) is 0 Å². The van der Waals surface area contributed by atoms with E-state index in [9.17, 15) is 14.4 Å². The van der Waals surface area contributed by atoms with E-state index < -0.39 is 12.6 Å². The molecule has 2 aromatic heterocycles. The van der Waals surface area contributed by atoms with Gasteiger partial charge in [-0.15, -0.1) is 11.8 Å². The number of hydrogen-bond donors (Lipinski definition) is 2. The zero-order chi connectivity index (χ0) is 18.3. The number of unbranched alkanes of at least 4 members (excludes halogenated alkanes) is 4. The molecular weight excluding hydrogens is 357 g/mol. The fourth-order valence-corrected chi connectivity index (χ4v) is 5.29. The summed E-state index contributed by atoms with van der Waals surface area (Å²) >= 11 is 1.33. The van der Waals surface area contributed by atoms with Crippen LogP contribution < -0.4 is 0 Å². The van der Waals surface area contributed by atoms with Crippen molar-refractivity contribution >= 4 is 25.0 Å². The minimum absolute atomic E-state index is 0.551. The summed E-state index contributed by atoms with van der Waals surface area (Å²) in [5, 5.41) is 4.23. The lowest BCUT2D eigenvalue weighted by Gasteiger charge is -2.20. The normalized spacial score (nSPS) is 13.4. The summed E-state index contributed by atoms with van der Waals surface area (Å²) in [6.45, 7) is 4.26. The van der Waals surface area contributed by atoms with E-state index in [1.165, 1.54) is 11.8 Å².